The second-order valence-electron chi connectivity index (χ2n) is 10.1. The van der Waals surface area contributed by atoms with Crippen LogP contribution in [0.3, 0.4) is 0 Å². The lowest BCUT2D eigenvalue weighted by molar-refractivity contribution is 0.00147. The van der Waals surface area contributed by atoms with E-state index < -0.39 is 27.2 Å². The lowest BCUT2D eigenvalue weighted by Gasteiger charge is -2.37. The SMILES string of the molecule is COc1cccc(OC)c1-n1c(NS(=O)(=O)[C@H]2C[C@H](OC(C)C)CN(c3ncc(F)cn3)C2)nnc1[C@@H]1CCCO1. The Labute approximate surface area is 238 Å². The molecule has 2 aliphatic rings. The van der Waals surface area contributed by atoms with E-state index in [2.05, 4.69) is 24.9 Å². The number of methoxy groups -OCH3 is 2. The molecule has 3 aromatic rings. The van der Waals surface area contributed by atoms with Crippen LogP contribution in [-0.2, 0) is 19.5 Å². The summed E-state index contributed by atoms with van der Waals surface area (Å²) < 4.78 is 68.8. The van der Waals surface area contributed by atoms with Crippen molar-refractivity contribution in [2.45, 2.75) is 56.7 Å². The van der Waals surface area contributed by atoms with Crippen molar-refractivity contribution >= 4 is 21.9 Å². The molecule has 0 amide bonds. The fourth-order valence-electron chi connectivity index (χ4n) is 5.18. The highest BCUT2D eigenvalue weighted by molar-refractivity contribution is 7.93. The van der Waals surface area contributed by atoms with E-state index in [1.807, 2.05) is 13.8 Å². The lowest BCUT2D eigenvalue weighted by Crippen LogP contribution is -2.51. The highest BCUT2D eigenvalue weighted by Gasteiger charge is 2.39. The van der Waals surface area contributed by atoms with E-state index >= 15 is 0 Å². The Morgan fingerprint density at radius 1 is 1.10 bits per heavy atom. The molecular formula is C26H34FN7O6S. The number of sulfonamides is 1. The predicted octanol–water partition coefficient (Wildman–Crippen LogP) is 2.88. The third kappa shape index (κ3) is 6.21. The number of hydrogen-bond acceptors (Lipinski definition) is 11. The predicted molar refractivity (Wildman–Crippen MR) is 148 cm³/mol. The Hall–Kier alpha value is -3.56. The Kier molecular flexibility index (Phi) is 8.56. The van der Waals surface area contributed by atoms with Gasteiger partial charge in [0, 0.05) is 19.7 Å². The minimum atomic E-state index is -4.08. The first-order chi connectivity index (χ1) is 19.7. The van der Waals surface area contributed by atoms with Gasteiger partial charge in [0.2, 0.25) is 21.9 Å². The second kappa shape index (κ2) is 12.1. The number of rotatable bonds is 10. The minimum absolute atomic E-state index is 0.0326. The maximum Gasteiger partial charge on any atom is 0.243 e. The maximum atomic E-state index is 14.0. The van der Waals surface area contributed by atoms with Gasteiger partial charge in [0.15, 0.2) is 11.6 Å². The van der Waals surface area contributed by atoms with Crippen molar-refractivity contribution in [1.29, 1.82) is 0 Å². The lowest BCUT2D eigenvalue weighted by atomic mass is 10.1. The van der Waals surface area contributed by atoms with E-state index in [1.165, 1.54) is 14.2 Å². The van der Waals surface area contributed by atoms with Crippen molar-refractivity contribution in [2.75, 3.05) is 43.5 Å². The smallest absolute Gasteiger partial charge is 0.243 e. The van der Waals surface area contributed by atoms with Crippen molar-refractivity contribution in [2.24, 2.45) is 0 Å². The van der Waals surface area contributed by atoms with Crippen LogP contribution in [0.5, 0.6) is 11.5 Å². The quantitative estimate of drug-likeness (QED) is 0.372. The maximum absolute atomic E-state index is 14.0. The molecule has 1 aromatic carbocycles. The molecule has 15 heteroatoms. The Morgan fingerprint density at radius 2 is 1.80 bits per heavy atom. The molecule has 0 aliphatic carbocycles. The molecule has 0 saturated carbocycles. The van der Waals surface area contributed by atoms with Gasteiger partial charge in [0.05, 0.1) is 38.8 Å². The van der Waals surface area contributed by atoms with E-state index in [4.69, 9.17) is 18.9 Å². The number of benzene rings is 1. The van der Waals surface area contributed by atoms with Crippen LogP contribution in [0.15, 0.2) is 30.6 Å². The third-order valence-electron chi connectivity index (χ3n) is 6.93. The van der Waals surface area contributed by atoms with Crippen LogP contribution >= 0.6 is 0 Å². The molecule has 2 aromatic heterocycles. The van der Waals surface area contributed by atoms with Crippen molar-refractivity contribution in [1.82, 2.24) is 24.7 Å². The summed E-state index contributed by atoms with van der Waals surface area (Å²) in [5.74, 6) is 0.896. The summed E-state index contributed by atoms with van der Waals surface area (Å²) in [6.45, 7) is 4.73. The summed E-state index contributed by atoms with van der Waals surface area (Å²) in [7, 11) is -1.05. The third-order valence-corrected chi connectivity index (χ3v) is 8.62. The number of nitrogens with zero attached hydrogens (tertiary/aromatic N) is 6. The van der Waals surface area contributed by atoms with Gasteiger partial charge in [0.25, 0.3) is 0 Å². The fourth-order valence-corrected chi connectivity index (χ4v) is 6.58. The summed E-state index contributed by atoms with van der Waals surface area (Å²) in [5.41, 5.74) is 0.441. The Balaban J connectivity index is 1.52. The van der Waals surface area contributed by atoms with Gasteiger partial charge in [-0.1, -0.05) is 6.07 Å². The van der Waals surface area contributed by atoms with Gasteiger partial charge in [-0.05, 0) is 45.2 Å². The van der Waals surface area contributed by atoms with Crippen molar-refractivity contribution in [3.05, 3.63) is 42.2 Å². The van der Waals surface area contributed by atoms with Crippen molar-refractivity contribution in [3.63, 3.8) is 0 Å². The molecule has 2 aliphatic heterocycles. The van der Waals surface area contributed by atoms with Crippen molar-refractivity contribution in [3.8, 4) is 17.2 Å². The van der Waals surface area contributed by atoms with Gasteiger partial charge in [-0.2, -0.15) is 0 Å². The standard InChI is InChI=1S/C26H34FN7O6S/c1-16(2)40-18-11-19(15-33(14-18)25-28-12-17(27)13-29-25)41(35,36)32-26-31-30-24(22-9-6-10-39-22)34(26)23-20(37-3)7-5-8-21(23)38-4/h5,7-8,12-13,16,18-19,22H,6,9-11,14-15H2,1-4H3,(H,31,32)/t18-,19-,22-/m0/s1. The Bertz CT molecular complexity index is 1420. The van der Waals surface area contributed by atoms with E-state index in [-0.39, 0.29) is 37.1 Å². The molecule has 0 radical (unpaired) electrons. The molecule has 41 heavy (non-hydrogen) atoms. The van der Waals surface area contributed by atoms with Crippen LogP contribution in [0.2, 0.25) is 0 Å². The summed E-state index contributed by atoms with van der Waals surface area (Å²) in [6, 6.07) is 5.25. The largest absolute Gasteiger partial charge is 0.494 e. The van der Waals surface area contributed by atoms with E-state index in [0.717, 1.165) is 18.8 Å². The topological polar surface area (TPSA) is 143 Å². The zero-order valence-corrected chi connectivity index (χ0v) is 24.2. The first-order valence-electron chi connectivity index (χ1n) is 13.4. The number of piperidine rings is 1. The van der Waals surface area contributed by atoms with E-state index in [0.29, 0.717) is 42.6 Å². The molecular weight excluding hydrogens is 557 g/mol. The molecule has 5 rings (SSSR count). The first kappa shape index (κ1) is 29.0. The molecule has 4 heterocycles. The molecule has 222 valence electrons. The summed E-state index contributed by atoms with van der Waals surface area (Å²) in [4.78, 5) is 9.80. The monoisotopic (exact) mass is 591 g/mol. The average Bonchev–Trinajstić information content (AvgIpc) is 3.62. The molecule has 3 atom stereocenters. The van der Waals surface area contributed by atoms with Crippen LogP contribution in [-0.4, -0.2) is 84.5 Å². The zero-order valence-electron chi connectivity index (χ0n) is 23.4. The van der Waals surface area contributed by atoms with Crippen molar-refractivity contribution < 1.29 is 31.8 Å². The van der Waals surface area contributed by atoms with Crippen LogP contribution < -0.4 is 19.1 Å². The first-order valence-corrected chi connectivity index (χ1v) is 14.9. The molecule has 0 unspecified atom stereocenters. The van der Waals surface area contributed by atoms with Gasteiger partial charge < -0.3 is 23.8 Å². The number of halogens is 1. The summed E-state index contributed by atoms with van der Waals surface area (Å²) >= 11 is 0. The molecule has 2 fully saturated rings. The average molecular weight is 592 g/mol. The van der Waals surface area contributed by atoms with Gasteiger partial charge in [-0.15, -0.1) is 10.2 Å². The van der Waals surface area contributed by atoms with E-state index in [9.17, 15) is 12.8 Å². The number of nitrogens with one attached hydrogen (secondary N) is 1. The molecule has 0 spiro atoms. The van der Waals surface area contributed by atoms with E-state index in [1.54, 1.807) is 27.7 Å². The zero-order chi connectivity index (χ0) is 29.1. The van der Waals surface area contributed by atoms with Gasteiger partial charge >= 0.3 is 0 Å². The highest BCUT2D eigenvalue weighted by Crippen LogP contribution is 2.39. The number of ether oxygens (including phenoxy) is 4. The molecule has 1 N–H and O–H groups in total. The number of para-hydroxylation sites is 1. The number of anilines is 2. The van der Waals surface area contributed by atoms with Crippen LogP contribution in [0.25, 0.3) is 5.69 Å². The van der Waals surface area contributed by atoms with Gasteiger partial charge in [0.1, 0.15) is 28.5 Å². The van der Waals surface area contributed by atoms with Crippen LogP contribution in [0.4, 0.5) is 16.3 Å². The van der Waals surface area contributed by atoms with Crippen LogP contribution in [0.1, 0.15) is 45.0 Å². The summed E-state index contributed by atoms with van der Waals surface area (Å²) in [6.07, 6.45) is 2.89. The molecule has 13 nitrogen and oxygen atoms in total. The second-order valence-corrected chi connectivity index (χ2v) is 12.1. The fraction of sp³-hybridized carbons (Fsp3) is 0.538. The molecule has 0 bridgehead atoms. The number of aromatic nitrogens is 5. The molecule has 2 saturated heterocycles. The Morgan fingerprint density at radius 3 is 2.41 bits per heavy atom. The summed E-state index contributed by atoms with van der Waals surface area (Å²) in [5, 5.41) is 7.64. The highest BCUT2D eigenvalue weighted by atomic mass is 32.2. The minimum Gasteiger partial charge on any atom is -0.494 e. The number of hydrogen-bond donors (Lipinski definition) is 1. The van der Waals surface area contributed by atoms with Crippen LogP contribution in [0, 0.1) is 5.82 Å². The van der Waals surface area contributed by atoms with Gasteiger partial charge in [-0.25, -0.2) is 22.8 Å². The normalized spacial score (nSPS) is 21.3. The van der Waals surface area contributed by atoms with Gasteiger partial charge in [-0.3, -0.25) is 9.29 Å².